The standard InChI is InChI=1S/C13H11N3O.C12H11N3O2.C11H11N3O.C4H4ClN3/c1-2-4-11(5-3-1)9-17-13-8-12-14-6-7-16(12)10-15-13;16-9-15-11-6-12(14-8-13-11)17-7-10-4-2-1-3-5-10;12-10-6-11(14-8-13-10)15-7-9-4-2-1-3-5-9;5-3-1-4(6)8-2-7-3/h1-8,10H,9H2;1-6,8-9H,7H2,(H,13,14,15,16);1-6,8H,7H2,(H2,12,13,14);1-2H,(H2,6,7,8). The second-order valence-electron chi connectivity index (χ2n) is 11.3. The molecule has 0 atom stereocenters. The molecule has 0 aliphatic carbocycles. The summed E-state index contributed by atoms with van der Waals surface area (Å²) < 4.78 is 18.4. The average molecular weight is 785 g/mol. The fraction of sp³-hybridized carbons (Fsp3) is 0.0750. The number of imidazole rings is 1. The number of anilines is 3. The molecule has 3 aromatic carbocycles. The zero-order chi connectivity index (χ0) is 39.9. The van der Waals surface area contributed by atoms with Crippen LogP contribution in [-0.2, 0) is 24.6 Å². The van der Waals surface area contributed by atoms with Crippen molar-refractivity contribution in [2.24, 2.45) is 0 Å². The van der Waals surface area contributed by atoms with Gasteiger partial charge in [-0.25, -0.2) is 39.9 Å². The summed E-state index contributed by atoms with van der Waals surface area (Å²) in [5.74, 6) is 2.73. The van der Waals surface area contributed by atoms with E-state index in [0.29, 0.717) is 66.5 Å². The lowest BCUT2D eigenvalue weighted by Crippen LogP contribution is -2.01. The van der Waals surface area contributed by atoms with E-state index in [1.54, 1.807) is 24.7 Å². The molecule has 16 nitrogen and oxygen atoms in total. The molecule has 0 aliphatic rings. The van der Waals surface area contributed by atoms with Gasteiger partial charge in [-0.15, -0.1) is 0 Å². The number of rotatable bonds is 11. The maximum absolute atomic E-state index is 10.3. The number of carbonyl (C=O) groups is 1. The van der Waals surface area contributed by atoms with Crippen LogP contribution < -0.4 is 31.0 Å². The number of aromatic nitrogens is 9. The Bertz CT molecular complexity index is 2360. The first-order valence-electron chi connectivity index (χ1n) is 17.0. The monoisotopic (exact) mass is 784 g/mol. The first-order valence-corrected chi connectivity index (χ1v) is 17.4. The maximum Gasteiger partial charge on any atom is 0.218 e. The summed E-state index contributed by atoms with van der Waals surface area (Å²) in [6, 6.07) is 36.1. The van der Waals surface area contributed by atoms with Crippen molar-refractivity contribution in [2.45, 2.75) is 19.8 Å². The van der Waals surface area contributed by atoms with Gasteiger partial charge in [-0.2, -0.15) is 0 Å². The van der Waals surface area contributed by atoms with Crippen molar-refractivity contribution in [2.75, 3.05) is 16.8 Å². The molecular weight excluding hydrogens is 748 g/mol. The topological polar surface area (TPSA) is 216 Å². The number of halogens is 1. The van der Waals surface area contributed by atoms with Gasteiger partial charge in [0.1, 0.15) is 73.4 Å². The van der Waals surface area contributed by atoms with Gasteiger partial charge in [0.2, 0.25) is 24.1 Å². The molecule has 17 heteroatoms. The Morgan fingerprint density at radius 3 is 1.56 bits per heavy atom. The first kappa shape index (κ1) is 40.5. The summed E-state index contributed by atoms with van der Waals surface area (Å²) in [4.78, 5) is 41.4. The predicted octanol–water partition coefficient (Wildman–Crippen LogP) is 6.28. The second-order valence-corrected chi connectivity index (χ2v) is 11.7. The average Bonchev–Trinajstić information content (AvgIpc) is 3.72. The lowest BCUT2D eigenvalue weighted by atomic mass is 10.2. The van der Waals surface area contributed by atoms with Crippen LogP contribution in [0, 0.1) is 0 Å². The normalized spacial score (nSPS) is 9.91. The van der Waals surface area contributed by atoms with Crippen molar-refractivity contribution < 1.29 is 19.0 Å². The third kappa shape index (κ3) is 14.9. The summed E-state index contributed by atoms with van der Waals surface area (Å²) in [7, 11) is 0. The van der Waals surface area contributed by atoms with E-state index in [4.69, 9.17) is 37.3 Å². The van der Waals surface area contributed by atoms with E-state index in [1.807, 2.05) is 108 Å². The molecule has 0 saturated carbocycles. The van der Waals surface area contributed by atoms with E-state index in [-0.39, 0.29) is 0 Å². The minimum atomic E-state index is 0.373. The summed E-state index contributed by atoms with van der Waals surface area (Å²) in [5.41, 5.74) is 14.8. The summed E-state index contributed by atoms with van der Waals surface area (Å²) >= 11 is 5.41. The van der Waals surface area contributed by atoms with Crippen LogP contribution in [0.5, 0.6) is 17.6 Å². The van der Waals surface area contributed by atoms with Crippen molar-refractivity contribution in [1.82, 2.24) is 44.3 Å². The number of hydrogen-bond acceptors (Lipinski definition) is 14. The van der Waals surface area contributed by atoms with Crippen LogP contribution in [-0.4, -0.2) is 50.7 Å². The maximum atomic E-state index is 10.3. The second kappa shape index (κ2) is 22.5. The zero-order valence-electron chi connectivity index (χ0n) is 30.3. The van der Waals surface area contributed by atoms with Gasteiger partial charge < -0.3 is 31.0 Å². The van der Waals surface area contributed by atoms with Crippen LogP contribution in [0.15, 0.2) is 153 Å². The Morgan fingerprint density at radius 1 is 0.579 bits per heavy atom. The Morgan fingerprint density at radius 2 is 1.07 bits per heavy atom. The smallest absolute Gasteiger partial charge is 0.218 e. The van der Waals surface area contributed by atoms with Crippen molar-refractivity contribution in [3.63, 3.8) is 0 Å². The van der Waals surface area contributed by atoms with Crippen molar-refractivity contribution in [3.05, 3.63) is 175 Å². The fourth-order valence-electron chi connectivity index (χ4n) is 4.41. The molecule has 288 valence electrons. The fourth-order valence-corrected chi connectivity index (χ4v) is 4.57. The lowest BCUT2D eigenvalue weighted by Gasteiger charge is -2.05. The minimum absolute atomic E-state index is 0.373. The molecule has 0 fully saturated rings. The number of fused-ring (bicyclic) bond motifs is 1. The molecule has 5 N–H and O–H groups in total. The number of carbonyl (C=O) groups excluding carboxylic acids is 1. The number of nitrogen functional groups attached to an aromatic ring is 2. The third-order valence-electron chi connectivity index (χ3n) is 7.12. The largest absolute Gasteiger partial charge is 0.473 e. The Hall–Kier alpha value is -7.72. The van der Waals surface area contributed by atoms with Crippen molar-refractivity contribution in [1.29, 1.82) is 0 Å². The summed E-state index contributed by atoms with van der Waals surface area (Å²) in [6.07, 6.45) is 9.88. The molecule has 0 saturated heterocycles. The quantitative estimate of drug-likeness (QED) is 0.0972. The van der Waals surface area contributed by atoms with E-state index >= 15 is 0 Å². The molecule has 57 heavy (non-hydrogen) atoms. The van der Waals surface area contributed by atoms with Crippen LogP contribution in [0.1, 0.15) is 16.7 Å². The van der Waals surface area contributed by atoms with Crippen LogP contribution in [0.25, 0.3) is 5.65 Å². The highest BCUT2D eigenvalue weighted by Gasteiger charge is 2.02. The molecule has 8 aromatic rings. The Kier molecular flexibility index (Phi) is 16.0. The van der Waals surface area contributed by atoms with Gasteiger partial charge in [-0.1, -0.05) is 103 Å². The first-order chi connectivity index (χ1) is 27.9. The van der Waals surface area contributed by atoms with Gasteiger partial charge >= 0.3 is 0 Å². The molecular formula is C40H37ClN12O4. The Balaban J connectivity index is 0.000000149. The van der Waals surface area contributed by atoms with Gasteiger partial charge in [0.05, 0.1) is 0 Å². The molecule has 0 aliphatic heterocycles. The molecule has 0 radical (unpaired) electrons. The summed E-state index contributed by atoms with van der Waals surface area (Å²) in [6.45, 7) is 1.43. The molecule has 1 amide bonds. The molecule has 0 unspecified atom stereocenters. The number of nitrogens with one attached hydrogen (secondary N) is 1. The number of nitrogens with two attached hydrogens (primary N) is 2. The van der Waals surface area contributed by atoms with Crippen molar-refractivity contribution >= 4 is 41.1 Å². The van der Waals surface area contributed by atoms with Crippen LogP contribution >= 0.6 is 11.6 Å². The molecule has 5 heterocycles. The van der Waals surface area contributed by atoms with Gasteiger partial charge in [-0.05, 0) is 16.7 Å². The lowest BCUT2D eigenvalue weighted by molar-refractivity contribution is -0.105. The number of hydrogen-bond donors (Lipinski definition) is 3. The minimum Gasteiger partial charge on any atom is -0.473 e. The van der Waals surface area contributed by atoms with Gasteiger partial charge in [0.15, 0.2) is 0 Å². The zero-order valence-corrected chi connectivity index (χ0v) is 31.1. The number of ether oxygens (including phenoxy) is 3. The van der Waals surface area contributed by atoms with Crippen LogP contribution in [0.2, 0.25) is 5.15 Å². The van der Waals surface area contributed by atoms with Gasteiger partial charge in [0.25, 0.3) is 0 Å². The van der Waals surface area contributed by atoms with E-state index < -0.39 is 0 Å². The van der Waals surface area contributed by atoms with Crippen LogP contribution in [0.3, 0.4) is 0 Å². The molecule has 0 spiro atoms. The predicted molar refractivity (Wildman–Crippen MR) is 215 cm³/mol. The van der Waals surface area contributed by atoms with E-state index in [1.165, 1.54) is 25.0 Å². The third-order valence-corrected chi connectivity index (χ3v) is 7.32. The highest BCUT2D eigenvalue weighted by Crippen LogP contribution is 2.14. The van der Waals surface area contributed by atoms with E-state index in [9.17, 15) is 4.79 Å². The number of nitrogens with zero attached hydrogens (tertiary/aromatic N) is 9. The molecule has 0 bridgehead atoms. The molecule has 8 rings (SSSR count). The number of benzene rings is 3. The van der Waals surface area contributed by atoms with Gasteiger partial charge in [0, 0.05) is 36.7 Å². The van der Waals surface area contributed by atoms with Crippen molar-refractivity contribution in [3.8, 4) is 17.6 Å². The highest BCUT2D eigenvalue weighted by molar-refractivity contribution is 6.29. The highest BCUT2D eigenvalue weighted by atomic mass is 35.5. The SMILES string of the molecule is Nc1cc(Cl)ncn1.Nc1cc(OCc2ccccc2)ncn1.O=CNc1cc(OCc2ccccc2)ncn1.c1ccc(COc2cc3nccn3cn2)cc1. The van der Waals surface area contributed by atoms with Gasteiger partial charge in [-0.3, -0.25) is 9.20 Å². The van der Waals surface area contributed by atoms with E-state index in [0.717, 1.165) is 22.3 Å². The van der Waals surface area contributed by atoms with E-state index in [2.05, 4.69) is 45.2 Å². The summed E-state index contributed by atoms with van der Waals surface area (Å²) in [5, 5.41) is 2.81. The Labute approximate surface area is 332 Å². The van der Waals surface area contributed by atoms with Crippen LogP contribution in [0.4, 0.5) is 17.5 Å². The number of amides is 1. The molecule has 5 aromatic heterocycles.